The van der Waals surface area contributed by atoms with Crippen LogP contribution < -0.4 is 5.32 Å². The van der Waals surface area contributed by atoms with E-state index in [1.165, 1.54) is 6.07 Å². The molecule has 0 spiro atoms. The van der Waals surface area contributed by atoms with Crippen molar-refractivity contribution in [3.63, 3.8) is 0 Å². The number of carboxylic acid groups (broad SMARTS) is 1. The van der Waals surface area contributed by atoms with Crippen molar-refractivity contribution in [2.45, 2.75) is 12.1 Å². The van der Waals surface area contributed by atoms with Gasteiger partial charge in [0.05, 0.1) is 11.5 Å². The summed E-state index contributed by atoms with van der Waals surface area (Å²) >= 11 is 0. The highest BCUT2D eigenvalue weighted by molar-refractivity contribution is 5.85. The first-order valence-corrected chi connectivity index (χ1v) is 5.50. The van der Waals surface area contributed by atoms with Crippen LogP contribution in [0.5, 0.6) is 0 Å². The van der Waals surface area contributed by atoms with Crippen molar-refractivity contribution < 1.29 is 23.1 Å². The van der Waals surface area contributed by atoms with Crippen molar-refractivity contribution in [2.24, 2.45) is 5.92 Å². The van der Waals surface area contributed by atoms with Crippen LogP contribution in [0.2, 0.25) is 0 Å². The fourth-order valence-corrected chi connectivity index (χ4v) is 2.23. The molecule has 0 aromatic heterocycles. The fourth-order valence-electron chi connectivity index (χ4n) is 2.23. The number of carboxylic acids is 1. The molecular weight excluding hydrogens is 283 g/mol. The van der Waals surface area contributed by atoms with Gasteiger partial charge >= 0.3 is 12.1 Å². The van der Waals surface area contributed by atoms with Crippen molar-refractivity contribution in [1.82, 2.24) is 5.32 Å². The monoisotopic (exact) mass is 295 g/mol. The molecule has 1 aliphatic heterocycles. The molecule has 7 heteroatoms. The number of hydrogen-bond donors (Lipinski definition) is 2. The summed E-state index contributed by atoms with van der Waals surface area (Å²) in [6.07, 6.45) is -4.40. The van der Waals surface area contributed by atoms with E-state index in [4.69, 9.17) is 5.11 Å². The molecule has 2 unspecified atom stereocenters. The summed E-state index contributed by atoms with van der Waals surface area (Å²) in [7, 11) is 0. The molecule has 106 valence electrons. The zero-order valence-corrected chi connectivity index (χ0v) is 10.6. The number of hydrogen-bond acceptors (Lipinski definition) is 2. The average molecular weight is 296 g/mol. The molecule has 1 aliphatic rings. The van der Waals surface area contributed by atoms with Gasteiger partial charge in [-0.25, -0.2) is 0 Å². The van der Waals surface area contributed by atoms with E-state index in [0.717, 1.165) is 12.1 Å². The second kappa shape index (κ2) is 5.79. The molecule has 2 rings (SSSR count). The summed E-state index contributed by atoms with van der Waals surface area (Å²) in [5, 5.41) is 11.9. The van der Waals surface area contributed by atoms with Gasteiger partial charge in [0.1, 0.15) is 0 Å². The quantitative estimate of drug-likeness (QED) is 0.881. The lowest BCUT2D eigenvalue weighted by atomic mass is 9.88. The maximum Gasteiger partial charge on any atom is 0.416 e. The van der Waals surface area contributed by atoms with E-state index in [1.807, 2.05) is 0 Å². The molecule has 2 N–H and O–H groups in total. The molecule has 1 fully saturated rings. The molecule has 1 heterocycles. The number of halogens is 4. The number of nitrogens with one attached hydrogen (secondary N) is 1. The van der Waals surface area contributed by atoms with Crippen molar-refractivity contribution in [1.29, 1.82) is 0 Å². The maximum atomic E-state index is 12.6. The number of rotatable bonds is 2. The Kier molecular flexibility index (Phi) is 4.81. The maximum absolute atomic E-state index is 12.6. The molecule has 2 atom stereocenters. The van der Waals surface area contributed by atoms with Gasteiger partial charge in [0.15, 0.2) is 0 Å². The molecular formula is C12H13ClF3NO2. The first-order chi connectivity index (χ1) is 8.39. The Morgan fingerprint density at radius 3 is 2.58 bits per heavy atom. The summed E-state index contributed by atoms with van der Waals surface area (Å²) in [6.45, 7) is 0.675. The van der Waals surface area contributed by atoms with Crippen molar-refractivity contribution in [3.05, 3.63) is 35.4 Å². The van der Waals surface area contributed by atoms with Gasteiger partial charge in [-0.3, -0.25) is 4.79 Å². The van der Waals surface area contributed by atoms with E-state index in [0.29, 0.717) is 12.1 Å². The van der Waals surface area contributed by atoms with Gasteiger partial charge in [-0.05, 0) is 11.6 Å². The SMILES string of the molecule is Cl.O=C(O)C1CNCC1c1cccc(C(F)(F)F)c1. The summed E-state index contributed by atoms with van der Waals surface area (Å²) in [6, 6.07) is 4.88. The lowest BCUT2D eigenvalue weighted by Gasteiger charge is -2.16. The molecule has 3 nitrogen and oxygen atoms in total. The van der Waals surface area contributed by atoms with E-state index < -0.39 is 29.5 Å². The third kappa shape index (κ3) is 3.39. The second-order valence-electron chi connectivity index (χ2n) is 4.33. The summed E-state index contributed by atoms with van der Waals surface area (Å²) < 4.78 is 37.7. The molecule has 1 saturated heterocycles. The first kappa shape index (κ1) is 15.8. The van der Waals surface area contributed by atoms with Crippen LogP contribution in [0.4, 0.5) is 13.2 Å². The van der Waals surface area contributed by atoms with Gasteiger partial charge in [-0.15, -0.1) is 12.4 Å². The van der Waals surface area contributed by atoms with Gasteiger partial charge < -0.3 is 10.4 Å². The molecule has 0 saturated carbocycles. The van der Waals surface area contributed by atoms with E-state index in [9.17, 15) is 18.0 Å². The third-order valence-electron chi connectivity index (χ3n) is 3.17. The Morgan fingerprint density at radius 2 is 2.00 bits per heavy atom. The summed E-state index contributed by atoms with van der Waals surface area (Å²) in [5.74, 6) is -2.07. The predicted octanol–water partition coefficient (Wildman–Crippen LogP) is 2.51. The van der Waals surface area contributed by atoms with Crippen LogP contribution in [0.15, 0.2) is 24.3 Å². The third-order valence-corrected chi connectivity index (χ3v) is 3.17. The fraction of sp³-hybridized carbons (Fsp3) is 0.417. The zero-order valence-electron chi connectivity index (χ0n) is 9.78. The highest BCUT2D eigenvalue weighted by Crippen LogP contribution is 2.34. The normalized spacial score (nSPS) is 22.9. The van der Waals surface area contributed by atoms with E-state index in [2.05, 4.69) is 5.32 Å². The topological polar surface area (TPSA) is 49.3 Å². The highest BCUT2D eigenvalue weighted by atomic mass is 35.5. The Hall–Kier alpha value is -1.27. The van der Waals surface area contributed by atoms with Crippen LogP contribution in [0.3, 0.4) is 0 Å². The van der Waals surface area contributed by atoms with Gasteiger partial charge in [-0.1, -0.05) is 18.2 Å². The summed E-state index contributed by atoms with van der Waals surface area (Å²) in [4.78, 5) is 11.0. The lowest BCUT2D eigenvalue weighted by Crippen LogP contribution is -2.21. The van der Waals surface area contributed by atoms with Gasteiger partial charge in [-0.2, -0.15) is 13.2 Å². The van der Waals surface area contributed by atoms with Crippen molar-refractivity contribution in [2.75, 3.05) is 13.1 Å². The molecule has 0 aliphatic carbocycles. The number of benzene rings is 1. The van der Waals surface area contributed by atoms with E-state index in [1.54, 1.807) is 6.07 Å². The van der Waals surface area contributed by atoms with Gasteiger partial charge in [0, 0.05) is 19.0 Å². The van der Waals surface area contributed by atoms with Crippen molar-refractivity contribution >= 4 is 18.4 Å². The standard InChI is InChI=1S/C12H12F3NO2.ClH/c13-12(14,15)8-3-1-2-7(4-8)9-5-16-6-10(9)11(17)18;/h1-4,9-10,16H,5-6H2,(H,17,18);1H. The minimum atomic E-state index is -4.40. The minimum absolute atomic E-state index is 0. The predicted molar refractivity (Wildman–Crippen MR) is 65.4 cm³/mol. The van der Waals surface area contributed by atoms with Crippen molar-refractivity contribution in [3.8, 4) is 0 Å². The van der Waals surface area contributed by atoms with E-state index in [-0.39, 0.29) is 19.0 Å². The summed E-state index contributed by atoms with van der Waals surface area (Å²) in [5.41, 5.74) is -0.321. The molecule has 1 aromatic carbocycles. The Bertz CT molecular complexity index is 465. The van der Waals surface area contributed by atoms with Gasteiger partial charge in [0.25, 0.3) is 0 Å². The zero-order chi connectivity index (χ0) is 13.3. The lowest BCUT2D eigenvalue weighted by molar-refractivity contribution is -0.141. The molecule has 0 amide bonds. The number of alkyl halides is 3. The van der Waals surface area contributed by atoms with E-state index >= 15 is 0 Å². The van der Waals surface area contributed by atoms with Crippen LogP contribution in [-0.4, -0.2) is 24.2 Å². The average Bonchev–Trinajstić information content (AvgIpc) is 2.77. The smallest absolute Gasteiger partial charge is 0.416 e. The second-order valence-corrected chi connectivity index (χ2v) is 4.33. The van der Waals surface area contributed by atoms with Gasteiger partial charge in [0.2, 0.25) is 0 Å². The van der Waals surface area contributed by atoms with Crippen LogP contribution in [0.1, 0.15) is 17.0 Å². The van der Waals surface area contributed by atoms with Crippen LogP contribution in [-0.2, 0) is 11.0 Å². The molecule has 0 radical (unpaired) electrons. The minimum Gasteiger partial charge on any atom is -0.481 e. The largest absolute Gasteiger partial charge is 0.481 e. The van der Waals surface area contributed by atoms with Crippen LogP contribution >= 0.6 is 12.4 Å². The Labute approximate surface area is 114 Å². The Balaban J connectivity index is 0.00000180. The molecule has 0 bridgehead atoms. The number of carbonyl (C=O) groups is 1. The number of aliphatic carboxylic acids is 1. The van der Waals surface area contributed by atoms with Crippen LogP contribution in [0.25, 0.3) is 0 Å². The van der Waals surface area contributed by atoms with Crippen LogP contribution in [0, 0.1) is 5.92 Å². The first-order valence-electron chi connectivity index (χ1n) is 5.50. The highest BCUT2D eigenvalue weighted by Gasteiger charge is 2.36. The molecule has 1 aromatic rings. The Morgan fingerprint density at radius 1 is 1.32 bits per heavy atom. The molecule has 19 heavy (non-hydrogen) atoms.